The second kappa shape index (κ2) is 7.30. The largest absolute Gasteiger partial charge is 0.307 e. The molecule has 0 bridgehead atoms. The van der Waals surface area contributed by atoms with Crippen LogP contribution in [0.1, 0.15) is 63.5 Å². The van der Waals surface area contributed by atoms with Crippen molar-refractivity contribution >= 4 is 15.9 Å². The molecule has 2 heteroatoms. The maximum atomic E-state index is 3.81. The molecule has 1 nitrogen and oxygen atoms in total. The van der Waals surface area contributed by atoms with E-state index in [2.05, 4.69) is 52.4 Å². The lowest BCUT2D eigenvalue weighted by Gasteiger charge is -2.26. The molecule has 0 aromatic heterocycles. The molecule has 0 amide bonds. The van der Waals surface area contributed by atoms with Crippen molar-refractivity contribution in [2.24, 2.45) is 0 Å². The smallest absolute Gasteiger partial charge is 0.0305 e. The molecule has 0 unspecified atom stereocenters. The summed E-state index contributed by atoms with van der Waals surface area (Å²) in [5.74, 6) is 0. The lowest BCUT2D eigenvalue weighted by molar-refractivity contribution is 0.362. The van der Waals surface area contributed by atoms with Crippen molar-refractivity contribution in [1.82, 2.24) is 5.32 Å². The maximum Gasteiger partial charge on any atom is 0.0305 e. The average molecular weight is 310 g/mol. The van der Waals surface area contributed by atoms with Crippen molar-refractivity contribution in [3.05, 3.63) is 34.3 Å². The highest BCUT2D eigenvalue weighted by Gasteiger charge is 2.15. The lowest BCUT2D eigenvalue weighted by Crippen LogP contribution is -2.32. The summed E-state index contributed by atoms with van der Waals surface area (Å²) in [5.41, 5.74) is 1.37. The van der Waals surface area contributed by atoms with E-state index in [1.54, 1.807) is 0 Å². The summed E-state index contributed by atoms with van der Waals surface area (Å²) in [4.78, 5) is 0. The molecule has 18 heavy (non-hydrogen) atoms. The van der Waals surface area contributed by atoms with Crippen LogP contribution >= 0.6 is 15.9 Å². The monoisotopic (exact) mass is 309 g/mol. The maximum absolute atomic E-state index is 3.81. The Labute approximate surface area is 119 Å². The minimum absolute atomic E-state index is 0.435. The van der Waals surface area contributed by atoms with E-state index in [-0.39, 0.29) is 0 Å². The fourth-order valence-corrected chi connectivity index (χ4v) is 3.52. The molecule has 1 atom stereocenters. The summed E-state index contributed by atoms with van der Waals surface area (Å²) in [6.45, 7) is 2.28. The molecule has 2 rings (SSSR count). The van der Waals surface area contributed by atoms with Crippen LogP contribution < -0.4 is 5.32 Å². The van der Waals surface area contributed by atoms with E-state index < -0.39 is 0 Å². The van der Waals surface area contributed by atoms with Crippen LogP contribution in [0.4, 0.5) is 0 Å². The minimum Gasteiger partial charge on any atom is -0.307 e. The Morgan fingerprint density at radius 1 is 1.06 bits per heavy atom. The summed E-state index contributed by atoms with van der Waals surface area (Å²) in [5, 5.41) is 3.81. The molecule has 1 aromatic carbocycles. The molecule has 1 aromatic rings. The van der Waals surface area contributed by atoms with Crippen molar-refractivity contribution in [3.8, 4) is 0 Å². The van der Waals surface area contributed by atoms with Crippen molar-refractivity contribution in [1.29, 1.82) is 0 Å². The minimum atomic E-state index is 0.435. The van der Waals surface area contributed by atoms with Gasteiger partial charge in [-0.25, -0.2) is 0 Å². The summed E-state index contributed by atoms with van der Waals surface area (Å²) in [7, 11) is 0. The summed E-state index contributed by atoms with van der Waals surface area (Å²) in [6.07, 6.45) is 9.74. The number of nitrogens with one attached hydrogen (secondary N) is 1. The van der Waals surface area contributed by atoms with Gasteiger partial charge in [0, 0.05) is 16.6 Å². The van der Waals surface area contributed by atoms with Crippen molar-refractivity contribution in [3.63, 3.8) is 0 Å². The molecule has 100 valence electrons. The van der Waals surface area contributed by atoms with E-state index in [4.69, 9.17) is 0 Å². The fourth-order valence-electron chi connectivity index (χ4n) is 2.89. The van der Waals surface area contributed by atoms with Crippen LogP contribution in [0.5, 0.6) is 0 Å². The van der Waals surface area contributed by atoms with Gasteiger partial charge in [0.1, 0.15) is 0 Å². The van der Waals surface area contributed by atoms with E-state index in [9.17, 15) is 0 Å². The van der Waals surface area contributed by atoms with Gasteiger partial charge >= 0.3 is 0 Å². The Morgan fingerprint density at radius 3 is 2.33 bits per heavy atom. The first kappa shape index (κ1) is 14.1. The predicted molar refractivity (Wildman–Crippen MR) is 81.8 cm³/mol. The Balaban J connectivity index is 1.93. The standard InChI is InChI=1S/C16H24BrN/c1-13(15-11-7-8-12-16(15)17)18-14-9-5-3-2-4-6-10-14/h7-8,11-14,18H,2-6,9-10H2,1H3/t13-/m0/s1. The molecule has 1 N–H and O–H groups in total. The molecule has 1 saturated carbocycles. The molecule has 1 aliphatic carbocycles. The predicted octanol–water partition coefficient (Wildman–Crippen LogP) is 5.21. The average Bonchev–Trinajstić information content (AvgIpc) is 2.33. The third kappa shape index (κ3) is 4.10. The van der Waals surface area contributed by atoms with E-state index in [0.29, 0.717) is 12.1 Å². The van der Waals surface area contributed by atoms with Crippen molar-refractivity contribution in [2.75, 3.05) is 0 Å². The van der Waals surface area contributed by atoms with E-state index in [1.165, 1.54) is 55.0 Å². The quantitative estimate of drug-likeness (QED) is 0.808. The first-order valence-electron chi connectivity index (χ1n) is 7.28. The van der Waals surface area contributed by atoms with Crippen LogP contribution in [0.25, 0.3) is 0 Å². The number of hydrogen-bond acceptors (Lipinski definition) is 1. The highest BCUT2D eigenvalue weighted by molar-refractivity contribution is 9.10. The van der Waals surface area contributed by atoms with Gasteiger partial charge < -0.3 is 5.32 Å². The topological polar surface area (TPSA) is 12.0 Å². The van der Waals surface area contributed by atoms with Crippen LogP contribution in [0.15, 0.2) is 28.7 Å². The van der Waals surface area contributed by atoms with Gasteiger partial charge in [0.25, 0.3) is 0 Å². The lowest BCUT2D eigenvalue weighted by atomic mass is 9.95. The first-order valence-corrected chi connectivity index (χ1v) is 8.07. The summed E-state index contributed by atoms with van der Waals surface area (Å²) >= 11 is 3.65. The third-order valence-corrected chi connectivity index (χ3v) is 4.68. The molecule has 1 fully saturated rings. The zero-order chi connectivity index (χ0) is 12.8. The highest BCUT2D eigenvalue weighted by Crippen LogP contribution is 2.25. The van der Waals surface area contributed by atoms with Crippen molar-refractivity contribution in [2.45, 2.75) is 64.0 Å². The second-order valence-electron chi connectivity index (χ2n) is 5.45. The molecule has 0 saturated heterocycles. The molecule has 0 aliphatic heterocycles. The Morgan fingerprint density at radius 2 is 1.67 bits per heavy atom. The van der Waals surface area contributed by atoms with Gasteiger partial charge in [-0.3, -0.25) is 0 Å². The van der Waals surface area contributed by atoms with Crippen molar-refractivity contribution < 1.29 is 0 Å². The normalized spacial score (nSPS) is 20.1. The van der Waals surface area contributed by atoms with Crippen LogP contribution in [0, 0.1) is 0 Å². The van der Waals surface area contributed by atoms with Gasteiger partial charge in [0.05, 0.1) is 0 Å². The molecule has 0 heterocycles. The molecule has 0 spiro atoms. The van der Waals surface area contributed by atoms with Crippen LogP contribution in [0.3, 0.4) is 0 Å². The highest BCUT2D eigenvalue weighted by atomic mass is 79.9. The summed E-state index contributed by atoms with van der Waals surface area (Å²) in [6, 6.07) is 9.68. The zero-order valence-corrected chi connectivity index (χ0v) is 12.9. The van der Waals surface area contributed by atoms with Gasteiger partial charge in [-0.1, -0.05) is 66.2 Å². The van der Waals surface area contributed by atoms with E-state index >= 15 is 0 Å². The number of halogens is 1. The third-order valence-electron chi connectivity index (χ3n) is 3.96. The Bertz CT molecular complexity index is 356. The van der Waals surface area contributed by atoms with E-state index in [0.717, 1.165) is 0 Å². The first-order chi connectivity index (χ1) is 8.77. The second-order valence-corrected chi connectivity index (χ2v) is 6.31. The number of hydrogen-bond donors (Lipinski definition) is 1. The number of benzene rings is 1. The SMILES string of the molecule is C[C@H](NC1CCCCCCC1)c1ccccc1Br. The van der Waals surface area contributed by atoms with Gasteiger partial charge in [-0.05, 0) is 31.4 Å². The van der Waals surface area contributed by atoms with Crippen LogP contribution in [0.2, 0.25) is 0 Å². The number of rotatable bonds is 3. The van der Waals surface area contributed by atoms with E-state index in [1.807, 2.05) is 0 Å². The zero-order valence-electron chi connectivity index (χ0n) is 11.3. The summed E-state index contributed by atoms with van der Waals surface area (Å²) < 4.78 is 1.22. The van der Waals surface area contributed by atoms with Gasteiger partial charge in [-0.2, -0.15) is 0 Å². The van der Waals surface area contributed by atoms with Gasteiger partial charge in [-0.15, -0.1) is 0 Å². The molecule has 1 aliphatic rings. The van der Waals surface area contributed by atoms with Gasteiger partial charge in [0.2, 0.25) is 0 Å². The molecule has 0 radical (unpaired) electrons. The van der Waals surface area contributed by atoms with Gasteiger partial charge in [0.15, 0.2) is 0 Å². The fraction of sp³-hybridized carbons (Fsp3) is 0.625. The van der Waals surface area contributed by atoms with Crippen LogP contribution in [-0.4, -0.2) is 6.04 Å². The Kier molecular flexibility index (Phi) is 5.71. The molecular weight excluding hydrogens is 286 g/mol. The van der Waals surface area contributed by atoms with Crippen LogP contribution in [-0.2, 0) is 0 Å². The Hall–Kier alpha value is -0.340. The molecular formula is C16H24BrN.